The molecule has 0 fully saturated rings. The van der Waals surface area contributed by atoms with Gasteiger partial charge in [-0.05, 0) is 42.3 Å². The quantitative estimate of drug-likeness (QED) is 0.738. The number of amides is 1. The van der Waals surface area contributed by atoms with Gasteiger partial charge in [0.1, 0.15) is 0 Å². The lowest BCUT2D eigenvalue weighted by molar-refractivity contribution is -0.157. The smallest absolute Gasteiger partial charge is 0.394 e. The van der Waals surface area contributed by atoms with E-state index in [0.717, 1.165) is 21.3 Å². The van der Waals surface area contributed by atoms with Gasteiger partial charge in [0, 0.05) is 18.9 Å². The van der Waals surface area contributed by atoms with Crippen molar-refractivity contribution in [2.45, 2.75) is 19.5 Å². The Hall–Kier alpha value is -2.80. The van der Waals surface area contributed by atoms with Crippen LogP contribution in [0.15, 0.2) is 48.2 Å². The highest BCUT2D eigenvalue weighted by atomic mass is 32.1. The first kappa shape index (κ1) is 16.1. The molecule has 0 bridgehead atoms. The molecule has 0 aliphatic heterocycles. The lowest BCUT2D eigenvalue weighted by Crippen LogP contribution is -2.37. The van der Waals surface area contributed by atoms with Gasteiger partial charge in [-0.25, -0.2) is 9.78 Å². The summed E-state index contributed by atoms with van der Waals surface area (Å²) in [5.74, 6) is -2.40. The number of aliphatic carboxylic acids is 1. The zero-order chi connectivity index (χ0) is 17.1. The molecule has 3 aromatic rings. The SMILES string of the molecule is CC(c1ccncc1)N(Cc1ccc2scnc2c1)C(=O)C(=O)O. The Morgan fingerprint density at radius 2 is 2.00 bits per heavy atom. The van der Waals surface area contributed by atoms with Crippen LogP contribution in [0.2, 0.25) is 0 Å². The van der Waals surface area contributed by atoms with Gasteiger partial charge in [0.25, 0.3) is 0 Å². The molecule has 0 saturated carbocycles. The summed E-state index contributed by atoms with van der Waals surface area (Å²) in [5.41, 5.74) is 4.27. The van der Waals surface area contributed by atoms with E-state index in [2.05, 4.69) is 9.97 Å². The Morgan fingerprint density at radius 3 is 2.71 bits per heavy atom. The van der Waals surface area contributed by atoms with E-state index in [-0.39, 0.29) is 12.6 Å². The highest BCUT2D eigenvalue weighted by molar-refractivity contribution is 7.16. The van der Waals surface area contributed by atoms with Crippen LogP contribution in [0.25, 0.3) is 10.2 Å². The van der Waals surface area contributed by atoms with Crippen LogP contribution < -0.4 is 0 Å². The number of carboxylic acid groups (broad SMARTS) is 1. The highest BCUT2D eigenvalue weighted by Crippen LogP contribution is 2.24. The van der Waals surface area contributed by atoms with E-state index in [4.69, 9.17) is 5.11 Å². The third-order valence-corrected chi connectivity index (χ3v) is 4.66. The van der Waals surface area contributed by atoms with E-state index < -0.39 is 11.9 Å². The standard InChI is InChI=1S/C17H15N3O3S/c1-11(13-4-6-18-7-5-13)20(16(21)17(22)23)9-12-2-3-15-14(8-12)19-10-24-15/h2-8,10-11H,9H2,1H3,(H,22,23). The number of fused-ring (bicyclic) bond motifs is 1. The lowest BCUT2D eigenvalue weighted by atomic mass is 10.1. The summed E-state index contributed by atoms with van der Waals surface area (Å²) in [4.78, 5) is 32.9. The molecule has 6 nitrogen and oxygen atoms in total. The van der Waals surface area contributed by atoms with Gasteiger partial charge in [-0.1, -0.05) is 6.07 Å². The molecule has 1 atom stereocenters. The van der Waals surface area contributed by atoms with Crippen LogP contribution in [0, 0.1) is 0 Å². The third kappa shape index (κ3) is 3.26. The van der Waals surface area contributed by atoms with Gasteiger partial charge in [0.2, 0.25) is 0 Å². The molecule has 0 aliphatic carbocycles. The molecular weight excluding hydrogens is 326 g/mol. The number of nitrogens with zero attached hydrogens (tertiary/aromatic N) is 3. The van der Waals surface area contributed by atoms with Crippen molar-refractivity contribution in [1.29, 1.82) is 0 Å². The Balaban J connectivity index is 1.92. The maximum absolute atomic E-state index is 12.2. The molecule has 2 heterocycles. The molecule has 0 aliphatic rings. The minimum atomic E-state index is -1.47. The Bertz CT molecular complexity index is 879. The van der Waals surface area contributed by atoms with E-state index in [9.17, 15) is 9.59 Å². The molecule has 7 heteroatoms. The van der Waals surface area contributed by atoms with Gasteiger partial charge in [-0.2, -0.15) is 0 Å². The molecule has 122 valence electrons. The lowest BCUT2D eigenvalue weighted by Gasteiger charge is -2.28. The molecule has 0 spiro atoms. The van der Waals surface area contributed by atoms with Crippen LogP contribution in [0.5, 0.6) is 0 Å². The summed E-state index contributed by atoms with van der Waals surface area (Å²) in [6.07, 6.45) is 3.24. The summed E-state index contributed by atoms with van der Waals surface area (Å²) < 4.78 is 1.05. The van der Waals surface area contributed by atoms with Gasteiger partial charge in [-0.15, -0.1) is 11.3 Å². The predicted molar refractivity (Wildman–Crippen MR) is 90.5 cm³/mol. The Labute approximate surface area is 142 Å². The average Bonchev–Trinajstić information content (AvgIpc) is 3.07. The van der Waals surface area contributed by atoms with Gasteiger partial charge in [-0.3, -0.25) is 9.78 Å². The first-order chi connectivity index (χ1) is 11.6. The number of carboxylic acids is 1. The second-order valence-corrected chi connectivity index (χ2v) is 6.24. The molecule has 0 radical (unpaired) electrons. The van der Waals surface area contributed by atoms with Crippen molar-refractivity contribution in [2.75, 3.05) is 0 Å². The maximum atomic E-state index is 12.2. The van der Waals surface area contributed by atoms with Gasteiger partial charge >= 0.3 is 11.9 Å². The predicted octanol–water partition coefficient (Wildman–Crippen LogP) is 2.87. The molecule has 1 N–H and O–H groups in total. The third-order valence-electron chi connectivity index (χ3n) is 3.85. The summed E-state index contributed by atoms with van der Waals surface area (Å²) in [5, 5.41) is 9.15. The number of pyridine rings is 1. The second kappa shape index (κ2) is 6.76. The number of carbonyl (C=O) groups excluding carboxylic acids is 1. The zero-order valence-electron chi connectivity index (χ0n) is 12.9. The van der Waals surface area contributed by atoms with Gasteiger partial charge in [0.05, 0.1) is 21.8 Å². The van der Waals surface area contributed by atoms with Crippen molar-refractivity contribution in [1.82, 2.24) is 14.9 Å². The van der Waals surface area contributed by atoms with E-state index in [1.165, 1.54) is 16.2 Å². The number of aromatic nitrogens is 2. The number of hydrogen-bond donors (Lipinski definition) is 1. The molecule has 3 rings (SSSR count). The number of carbonyl (C=O) groups is 2. The zero-order valence-corrected chi connectivity index (χ0v) is 13.7. The normalized spacial score (nSPS) is 12.0. The number of hydrogen-bond acceptors (Lipinski definition) is 5. The Kier molecular flexibility index (Phi) is 4.52. The van der Waals surface area contributed by atoms with Crippen LogP contribution in [0.4, 0.5) is 0 Å². The van der Waals surface area contributed by atoms with Crippen molar-refractivity contribution in [3.8, 4) is 0 Å². The molecule has 1 amide bonds. The molecule has 0 saturated heterocycles. The van der Waals surface area contributed by atoms with Gasteiger partial charge in [0.15, 0.2) is 0 Å². The van der Waals surface area contributed by atoms with Gasteiger partial charge < -0.3 is 10.0 Å². The number of thiazole rings is 1. The molecule has 2 aromatic heterocycles. The second-order valence-electron chi connectivity index (χ2n) is 5.35. The number of rotatable bonds is 4. The minimum absolute atomic E-state index is 0.197. The van der Waals surface area contributed by atoms with Crippen LogP contribution in [-0.2, 0) is 16.1 Å². The molecular formula is C17H15N3O3S. The fourth-order valence-corrected chi connectivity index (χ4v) is 3.19. The van der Waals surface area contributed by atoms with Crippen molar-refractivity contribution >= 4 is 33.4 Å². The topological polar surface area (TPSA) is 83.4 Å². The fourth-order valence-electron chi connectivity index (χ4n) is 2.53. The summed E-state index contributed by atoms with van der Waals surface area (Å²) in [7, 11) is 0. The summed E-state index contributed by atoms with van der Waals surface area (Å²) >= 11 is 1.54. The molecule has 1 aromatic carbocycles. The molecule has 1 unspecified atom stereocenters. The van der Waals surface area contributed by atoms with Crippen molar-refractivity contribution in [3.05, 3.63) is 59.4 Å². The first-order valence-electron chi connectivity index (χ1n) is 7.32. The van der Waals surface area contributed by atoms with Crippen LogP contribution in [0.1, 0.15) is 24.1 Å². The summed E-state index contributed by atoms with van der Waals surface area (Å²) in [6, 6.07) is 8.87. The van der Waals surface area contributed by atoms with E-state index in [1.54, 1.807) is 37.0 Å². The van der Waals surface area contributed by atoms with Crippen LogP contribution in [-0.4, -0.2) is 31.9 Å². The largest absolute Gasteiger partial charge is 0.474 e. The van der Waals surface area contributed by atoms with Crippen molar-refractivity contribution in [2.24, 2.45) is 0 Å². The monoisotopic (exact) mass is 341 g/mol. The first-order valence-corrected chi connectivity index (χ1v) is 8.20. The average molecular weight is 341 g/mol. The highest BCUT2D eigenvalue weighted by Gasteiger charge is 2.27. The van der Waals surface area contributed by atoms with Crippen LogP contribution in [0.3, 0.4) is 0 Å². The van der Waals surface area contributed by atoms with Crippen molar-refractivity contribution in [3.63, 3.8) is 0 Å². The minimum Gasteiger partial charge on any atom is -0.474 e. The van der Waals surface area contributed by atoms with Crippen LogP contribution >= 0.6 is 11.3 Å². The van der Waals surface area contributed by atoms with Crippen molar-refractivity contribution < 1.29 is 14.7 Å². The fraction of sp³-hybridized carbons (Fsp3) is 0.176. The van der Waals surface area contributed by atoms with E-state index in [0.29, 0.717) is 0 Å². The molecule has 24 heavy (non-hydrogen) atoms. The van der Waals surface area contributed by atoms with E-state index in [1.807, 2.05) is 18.2 Å². The Morgan fingerprint density at radius 1 is 1.25 bits per heavy atom. The van der Waals surface area contributed by atoms with E-state index >= 15 is 0 Å². The maximum Gasteiger partial charge on any atom is 0.394 e. The number of benzene rings is 1. The summed E-state index contributed by atoms with van der Waals surface area (Å²) in [6.45, 7) is 2.00.